The quantitative estimate of drug-likeness (QED) is 0.347. The zero-order valence-electron chi connectivity index (χ0n) is 14.5. The summed E-state index contributed by atoms with van der Waals surface area (Å²) < 4.78 is 0. The van der Waals surface area contributed by atoms with Crippen molar-refractivity contribution >= 4 is 35.1 Å². The first-order chi connectivity index (χ1) is 12.9. The SMILES string of the molecule is C(=Cc1cccc(C=Cc2cccc3ccccc23)c1)c1ccccc1. The summed E-state index contributed by atoms with van der Waals surface area (Å²) in [6.45, 7) is 0. The van der Waals surface area contributed by atoms with Crippen LogP contribution >= 0.6 is 0 Å². The zero-order chi connectivity index (χ0) is 17.6. The summed E-state index contributed by atoms with van der Waals surface area (Å²) in [6.07, 6.45) is 8.68. The molecule has 0 amide bonds. The van der Waals surface area contributed by atoms with Crippen LogP contribution in [0.15, 0.2) is 97.1 Å². The summed E-state index contributed by atoms with van der Waals surface area (Å²) >= 11 is 0. The van der Waals surface area contributed by atoms with E-state index in [9.17, 15) is 0 Å². The van der Waals surface area contributed by atoms with Gasteiger partial charge in [0, 0.05) is 0 Å². The molecule has 4 rings (SSSR count). The van der Waals surface area contributed by atoms with E-state index in [2.05, 4.69) is 115 Å². The van der Waals surface area contributed by atoms with Crippen LogP contribution in [0.2, 0.25) is 0 Å². The van der Waals surface area contributed by atoms with Gasteiger partial charge < -0.3 is 0 Å². The van der Waals surface area contributed by atoms with Gasteiger partial charge in [-0.15, -0.1) is 0 Å². The van der Waals surface area contributed by atoms with E-state index in [0.29, 0.717) is 0 Å². The lowest BCUT2D eigenvalue weighted by molar-refractivity contribution is 1.62. The summed E-state index contributed by atoms with van der Waals surface area (Å²) in [5, 5.41) is 2.56. The van der Waals surface area contributed by atoms with E-state index in [1.807, 2.05) is 6.07 Å². The highest BCUT2D eigenvalue weighted by molar-refractivity contribution is 5.92. The molecule has 0 aliphatic rings. The number of hydrogen-bond donors (Lipinski definition) is 0. The van der Waals surface area contributed by atoms with Crippen molar-refractivity contribution in [2.45, 2.75) is 0 Å². The lowest BCUT2D eigenvalue weighted by Gasteiger charge is -2.02. The molecule has 0 fully saturated rings. The smallest absolute Gasteiger partial charge is 0.0111 e. The predicted octanol–water partition coefficient (Wildman–Crippen LogP) is 7.18. The molecule has 0 aliphatic carbocycles. The van der Waals surface area contributed by atoms with Crippen LogP contribution in [0, 0.1) is 0 Å². The van der Waals surface area contributed by atoms with Crippen molar-refractivity contribution in [2.75, 3.05) is 0 Å². The van der Waals surface area contributed by atoms with E-state index in [4.69, 9.17) is 0 Å². The summed E-state index contributed by atoms with van der Waals surface area (Å²) in [5.74, 6) is 0. The number of benzene rings is 4. The second kappa shape index (κ2) is 7.67. The van der Waals surface area contributed by atoms with Crippen LogP contribution in [-0.2, 0) is 0 Å². The first-order valence-corrected chi connectivity index (χ1v) is 8.87. The molecule has 124 valence electrons. The van der Waals surface area contributed by atoms with Gasteiger partial charge in [-0.2, -0.15) is 0 Å². The molecule has 0 saturated heterocycles. The molecule has 0 aliphatic heterocycles. The molecule has 0 nitrogen and oxygen atoms in total. The average molecular weight is 332 g/mol. The second-order valence-electron chi connectivity index (χ2n) is 6.32. The third kappa shape index (κ3) is 3.81. The van der Waals surface area contributed by atoms with Crippen LogP contribution in [0.3, 0.4) is 0 Å². The fourth-order valence-electron chi connectivity index (χ4n) is 3.10. The molecule has 4 aromatic rings. The number of fused-ring (bicyclic) bond motifs is 1. The summed E-state index contributed by atoms with van der Waals surface area (Å²) in [6, 6.07) is 33.9. The molecule has 0 saturated carbocycles. The van der Waals surface area contributed by atoms with Crippen molar-refractivity contribution < 1.29 is 0 Å². The van der Waals surface area contributed by atoms with Crippen LogP contribution in [0.25, 0.3) is 35.1 Å². The van der Waals surface area contributed by atoms with E-state index in [-0.39, 0.29) is 0 Å². The van der Waals surface area contributed by atoms with Crippen LogP contribution in [0.1, 0.15) is 22.3 Å². The molecule has 4 aromatic carbocycles. The Kier molecular flexibility index (Phi) is 4.75. The largest absolute Gasteiger partial charge is 0.0622 e. The Morgan fingerprint density at radius 2 is 1.00 bits per heavy atom. The van der Waals surface area contributed by atoms with Crippen molar-refractivity contribution in [1.29, 1.82) is 0 Å². The molecule has 0 unspecified atom stereocenters. The highest BCUT2D eigenvalue weighted by Crippen LogP contribution is 2.21. The first kappa shape index (κ1) is 16.1. The van der Waals surface area contributed by atoms with E-state index in [1.165, 1.54) is 33.0 Å². The minimum Gasteiger partial charge on any atom is -0.0622 e. The first-order valence-electron chi connectivity index (χ1n) is 8.87. The van der Waals surface area contributed by atoms with E-state index < -0.39 is 0 Å². The summed E-state index contributed by atoms with van der Waals surface area (Å²) in [4.78, 5) is 0. The number of hydrogen-bond acceptors (Lipinski definition) is 0. The maximum Gasteiger partial charge on any atom is -0.0111 e. The van der Waals surface area contributed by atoms with E-state index >= 15 is 0 Å². The molecule has 26 heavy (non-hydrogen) atoms. The van der Waals surface area contributed by atoms with E-state index in [0.717, 1.165) is 0 Å². The maximum absolute atomic E-state index is 2.21. The van der Waals surface area contributed by atoms with Crippen LogP contribution in [0.5, 0.6) is 0 Å². The van der Waals surface area contributed by atoms with Gasteiger partial charge in [-0.05, 0) is 39.1 Å². The Bertz CT molecular complexity index is 1060. The molecule has 0 heterocycles. The highest BCUT2D eigenvalue weighted by atomic mass is 14.0. The van der Waals surface area contributed by atoms with Crippen molar-refractivity contribution in [3.8, 4) is 0 Å². The minimum atomic E-state index is 1.20. The molecule has 0 atom stereocenters. The van der Waals surface area contributed by atoms with Crippen molar-refractivity contribution in [1.82, 2.24) is 0 Å². The Morgan fingerprint density at radius 1 is 0.423 bits per heavy atom. The molecular weight excluding hydrogens is 312 g/mol. The number of rotatable bonds is 4. The van der Waals surface area contributed by atoms with Crippen molar-refractivity contribution in [3.05, 3.63) is 119 Å². The summed E-state index contributed by atoms with van der Waals surface area (Å²) in [5.41, 5.74) is 4.86. The molecule has 0 aromatic heterocycles. The van der Waals surface area contributed by atoms with Gasteiger partial charge in [-0.1, -0.05) is 115 Å². The van der Waals surface area contributed by atoms with Gasteiger partial charge in [0.25, 0.3) is 0 Å². The van der Waals surface area contributed by atoms with Gasteiger partial charge in [0.15, 0.2) is 0 Å². The Hall–Kier alpha value is -3.38. The molecule has 0 spiro atoms. The zero-order valence-corrected chi connectivity index (χ0v) is 14.5. The Morgan fingerprint density at radius 3 is 1.85 bits per heavy atom. The van der Waals surface area contributed by atoms with Crippen molar-refractivity contribution in [3.63, 3.8) is 0 Å². The highest BCUT2D eigenvalue weighted by Gasteiger charge is 1.97. The fraction of sp³-hybridized carbons (Fsp3) is 0. The molecular formula is C26H20. The second-order valence-corrected chi connectivity index (χ2v) is 6.32. The average Bonchev–Trinajstić information content (AvgIpc) is 2.72. The van der Waals surface area contributed by atoms with Gasteiger partial charge >= 0.3 is 0 Å². The molecule has 0 bridgehead atoms. The van der Waals surface area contributed by atoms with Crippen molar-refractivity contribution in [2.24, 2.45) is 0 Å². The lowest BCUT2D eigenvalue weighted by atomic mass is 10.0. The third-order valence-electron chi connectivity index (χ3n) is 4.46. The monoisotopic (exact) mass is 332 g/mol. The van der Waals surface area contributed by atoms with Gasteiger partial charge in [0.1, 0.15) is 0 Å². The van der Waals surface area contributed by atoms with E-state index in [1.54, 1.807) is 0 Å². The predicted molar refractivity (Wildman–Crippen MR) is 115 cm³/mol. The maximum atomic E-state index is 2.21. The normalized spacial score (nSPS) is 11.5. The fourth-order valence-corrected chi connectivity index (χ4v) is 3.10. The van der Waals surface area contributed by atoms with Crippen LogP contribution in [0.4, 0.5) is 0 Å². The van der Waals surface area contributed by atoms with Gasteiger partial charge in [-0.25, -0.2) is 0 Å². The minimum absolute atomic E-state index is 1.20. The Labute approximate surface area is 154 Å². The van der Waals surface area contributed by atoms with Gasteiger partial charge in [-0.3, -0.25) is 0 Å². The summed E-state index contributed by atoms with van der Waals surface area (Å²) in [7, 11) is 0. The Balaban J connectivity index is 1.59. The molecule has 0 heteroatoms. The third-order valence-corrected chi connectivity index (χ3v) is 4.46. The van der Waals surface area contributed by atoms with Crippen LogP contribution in [-0.4, -0.2) is 0 Å². The van der Waals surface area contributed by atoms with Crippen LogP contribution < -0.4 is 0 Å². The topological polar surface area (TPSA) is 0 Å². The molecule has 0 N–H and O–H groups in total. The standard InChI is InChI=1S/C26H20/c1-2-8-21(9-3-1)16-17-22-10-6-11-23(20-22)18-19-25-14-7-13-24-12-4-5-15-26(24)25/h1-20H. The van der Waals surface area contributed by atoms with Gasteiger partial charge in [0.2, 0.25) is 0 Å². The molecule has 0 radical (unpaired) electrons. The lowest BCUT2D eigenvalue weighted by Crippen LogP contribution is -1.79. The van der Waals surface area contributed by atoms with Gasteiger partial charge in [0.05, 0.1) is 0 Å².